The highest BCUT2D eigenvalue weighted by Gasteiger charge is 2.37. The second kappa shape index (κ2) is 9.69. The monoisotopic (exact) mass is 378 g/mol. The number of hydrogen-bond acceptors (Lipinski definition) is 4. The number of nitrogens with zero attached hydrogens (tertiary/aromatic N) is 3. The molecular weight excluding hydrogens is 347 g/mol. The molecule has 150 valence electrons. The van der Waals surface area contributed by atoms with Crippen LogP contribution in [0.2, 0.25) is 0 Å². The summed E-state index contributed by atoms with van der Waals surface area (Å²) in [6.07, 6.45) is 0. The summed E-state index contributed by atoms with van der Waals surface area (Å²) in [5.74, 6) is 0.413. The van der Waals surface area contributed by atoms with Crippen LogP contribution in [-0.4, -0.2) is 69.1 Å². The Hall–Kier alpha value is -2.15. The van der Waals surface area contributed by atoms with Crippen molar-refractivity contribution >= 4 is 11.9 Å². The lowest BCUT2D eigenvalue weighted by atomic mass is 9.99. The molecule has 0 amide bonds. The van der Waals surface area contributed by atoms with Crippen LogP contribution < -0.4 is 5.32 Å². The third-order valence-corrected chi connectivity index (χ3v) is 5.02. The number of methoxy groups -OCH3 is 1. The van der Waals surface area contributed by atoms with Crippen LogP contribution in [0.4, 0.5) is 4.39 Å². The molecule has 3 atom stereocenters. The van der Waals surface area contributed by atoms with E-state index in [-0.39, 0.29) is 29.7 Å². The van der Waals surface area contributed by atoms with Crippen LogP contribution in [0.15, 0.2) is 29.3 Å². The highest BCUT2D eigenvalue weighted by Crippen LogP contribution is 2.25. The summed E-state index contributed by atoms with van der Waals surface area (Å²) in [7, 11) is 5.35. The maximum Gasteiger partial charge on any atom is 0.310 e. The number of likely N-dealkylation sites (N-methyl/N-ethyl adjacent to an activating group) is 1. The van der Waals surface area contributed by atoms with E-state index in [1.807, 2.05) is 32.0 Å². The Kier molecular flexibility index (Phi) is 7.59. The minimum absolute atomic E-state index is 0.0363. The molecule has 0 saturated carbocycles. The minimum atomic E-state index is -0.246. The second-order valence-electron chi connectivity index (χ2n) is 7.24. The highest BCUT2D eigenvalue weighted by molar-refractivity contribution is 5.82. The maximum absolute atomic E-state index is 13.6. The Morgan fingerprint density at radius 3 is 2.78 bits per heavy atom. The van der Waals surface area contributed by atoms with Gasteiger partial charge in [-0.2, -0.15) is 0 Å². The third-order valence-electron chi connectivity index (χ3n) is 5.02. The molecule has 0 aromatic heterocycles. The standard InChI is InChI=1S/C20H31FN4O2/c1-6-22-20(25-12-14(2)17(13-25)19(26)27-5)23-11-18(24(3)4)15-8-7-9-16(21)10-15/h7-10,14,17-18H,6,11-13H2,1-5H3,(H,22,23). The number of hydrogen-bond donors (Lipinski definition) is 1. The summed E-state index contributed by atoms with van der Waals surface area (Å²) in [5, 5.41) is 3.31. The zero-order valence-corrected chi connectivity index (χ0v) is 16.9. The number of guanidine groups is 1. The van der Waals surface area contributed by atoms with Crippen molar-refractivity contribution in [1.29, 1.82) is 0 Å². The Bertz CT molecular complexity index is 665. The van der Waals surface area contributed by atoms with Crippen molar-refractivity contribution in [2.75, 3.05) is 47.4 Å². The van der Waals surface area contributed by atoms with Crippen LogP contribution >= 0.6 is 0 Å². The zero-order chi connectivity index (χ0) is 20.0. The molecule has 3 unspecified atom stereocenters. The summed E-state index contributed by atoms with van der Waals surface area (Å²) in [6, 6.07) is 6.60. The Labute approximate surface area is 161 Å². The van der Waals surface area contributed by atoms with E-state index < -0.39 is 0 Å². The molecule has 0 radical (unpaired) electrons. The van der Waals surface area contributed by atoms with E-state index in [0.717, 1.165) is 24.6 Å². The predicted molar refractivity (Wildman–Crippen MR) is 105 cm³/mol. The summed E-state index contributed by atoms with van der Waals surface area (Å²) >= 11 is 0. The number of likely N-dealkylation sites (tertiary alicyclic amines) is 1. The van der Waals surface area contributed by atoms with Crippen LogP contribution in [0.3, 0.4) is 0 Å². The van der Waals surface area contributed by atoms with Gasteiger partial charge >= 0.3 is 5.97 Å². The van der Waals surface area contributed by atoms with Gasteiger partial charge in [0.05, 0.1) is 25.6 Å². The molecule has 1 fully saturated rings. The molecule has 1 saturated heterocycles. The molecular formula is C20H31FN4O2. The van der Waals surface area contributed by atoms with Gasteiger partial charge in [-0.25, -0.2) is 4.39 Å². The van der Waals surface area contributed by atoms with Gasteiger partial charge in [0.1, 0.15) is 5.82 Å². The summed E-state index contributed by atoms with van der Waals surface area (Å²) < 4.78 is 18.6. The van der Waals surface area contributed by atoms with E-state index >= 15 is 0 Å². The first-order valence-corrected chi connectivity index (χ1v) is 9.40. The normalized spacial score (nSPS) is 21.4. The van der Waals surface area contributed by atoms with E-state index in [0.29, 0.717) is 13.1 Å². The number of halogens is 1. The number of esters is 1. The van der Waals surface area contributed by atoms with Crippen LogP contribution in [0.1, 0.15) is 25.5 Å². The summed E-state index contributed by atoms with van der Waals surface area (Å²) in [5.41, 5.74) is 0.891. The van der Waals surface area contributed by atoms with Crippen LogP contribution in [0, 0.1) is 17.7 Å². The van der Waals surface area contributed by atoms with Gasteiger partial charge in [-0.1, -0.05) is 19.1 Å². The van der Waals surface area contributed by atoms with Gasteiger partial charge in [0.25, 0.3) is 0 Å². The van der Waals surface area contributed by atoms with E-state index in [1.54, 1.807) is 12.1 Å². The number of aliphatic imine (C=N–C) groups is 1. The fourth-order valence-electron chi connectivity index (χ4n) is 3.48. The van der Waals surface area contributed by atoms with Gasteiger partial charge in [-0.3, -0.25) is 9.79 Å². The molecule has 1 aromatic rings. The number of rotatable bonds is 6. The highest BCUT2D eigenvalue weighted by atomic mass is 19.1. The SMILES string of the molecule is CCNC(=NCC(c1cccc(F)c1)N(C)C)N1CC(C)C(C(=O)OC)C1. The fourth-order valence-corrected chi connectivity index (χ4v) is 3.48. The topological polar surface area (TPSA) is 57.2 Å². The molecule has 0 bridgehead atoms. The smallest absolute Gasteiger partial charge is 0.310 e. The molecule has 6 nitrogen and oxygen atoms in total. The molecule has 1 heterocycles. The molecule has 0 spiro atoms. The third kappa shape index (κ3) is 5.42. The molecule has 27 heavy (non-hydrogen) atoms. The van der Waals surface area contributed by atoms with Gasteiger partial charge in [-0.05, 0) is 44.6 Å². The van der Waals surface area contributed by atoms with Gasteiger partial charge in [-0.15, -0.1) is 0 Å². The zero-order valence-electron chi connectivity index (χ0n) is 16.9. The van der Waals surface area contributed by atoms with Crippen molar-refractivity contribution in [1.82, 2.24) is 15.1 Å². The lowest BCUT2D eigenvalue weighted by Crippen LogP contribution is -2.41. The number of nitrogens with one attached hydrogen (secondary N) is 1. The van der Waals surface area contributed by atoms with E-state index in [9.17, 15) is 9.18 Å². The lowest BCUT2D eigenvalue weighted by molar-refractivity contribution is -0.145. The Balaban J connectivity index is 2.17. The van der Waals surface area contributed by atoms with Crippen LogP contribution in [0.5, 0.6) is 0 Å². The van der Waals surface area contributed by atoms with Crippen molar-refractivity contribution in [2.24, 2.45) is 16.8 Å². The van der Waals surface area contributed by atoms with Crippen LogP contribution in [-0.2, 0) is 9.53 Å². The first-order valence-electron chi connectivity index (χ1n) is 9.40. The average Bonchev–Trinajstić information content (AvgIpc) is 3.01. The Morgan fingerprint density at radius 2 is 2.19 bits per heavy atom. The molecule has 7 heteroatoms. The molecule has 1 aliphatic heterocycles. The largest absolute Gasteiger partial charge is 0.469 e. The number of carbonyl (C=O) groups is 1. The molecule has 1 aromatic carbocycles. The number of carbonyl (C=O) groups excluding carboxylic acids is 1. The fraction of sp³-hybridized carbons (Fsp3) is 0.600. The lowest BCUT2D eigenvalue weighted by Gasteiger charge is -2.26. The predicted octanol–water partition coefficient (Wildman–Crippen LogP) is 2.13. The van der Waals surface area contributed by atoms with Gasteiger partial charge in [0.15, 0.2) is 5.96 Å². The van der Waals surface area contributed by atoms with E-state index in [1.165, 1.54) is 13.2 Å². The van der Waals surface area contributed by atoms with E-state index in [4.69, 9.17) is 9.73 Å². The minimum Gasteiger partial charge on any atom is -0.469 e. The van der Waals surface area contributed by atoms with Crippen molar-refractivity contribution in [3.05, 3.63) is 35.6 Å². The second-order valence-corrected chi connectivity index (χ2v) is 7.24. The van der Waals surface area contributed by atoms with Gasteiger partial charge in [0, 0.05) is 19.6 Å². The average molecular weight is 378 g/mol. The quantitative estimate of drug-likeness (QED) is 0.467. The van der Waals surface area contributed by atoms with Crippen molar-refractivity contribution in [3.63, 3.8) is 0 Å². The number of benzene rings is 1. The maximum atomic E-state index is 13.6. The summed E-state index contributed by atoms with van der Waals surface area (Å²) in [4.78, 5) is 20.9. The molecule has 2 rings (SSSR count). The molecule has 0 aliphatic carbocycles. The molecule has 1 N–H and O–H groups in total. The van der Waals surface area contributed by atoms with Crippen molar-refractivity contribution in [3.8, 4) is 0 Å². The van der Waals surface area contributed by atoms with E-state index in [2.05, 4.69) is 17.1 Å². The Morgan fingerprint density at radius 1 is 1.44 bits per heavy atom. The first-order chi connectivity index (χ1) is 12.9. The van der Waals surface area contributed by atoms with Crippen molar-refractivity contribution < 1.29 is 13.9 Å². The first kappa shape index (κ1) is 21.2. The van der Waals surface area contributed by atoms with Gasteiger partial charge in [0.2, 0.25) is 0 Å². The number of ether oxygens (including phenoxy) is 1. The van der Waals surface area contributed by atoms with Gasteiger partial charge < -0.3 is 19.9 Å². The van der Waals surface area contributed by atoms with Crippen LogP contribution in [0.25, 0.3) is 0 Å². The van der Waals surface area contributed by atoms with Crippen molar-refractivity contribution in [2.45, 2.75) is 19.9 Å². The molecule has 1 aliphatic rings. The summed E-state index contributed by atoms with van der Waals surface area (Å²) in [6.45, 7) is 6.64.